The van der Waals surface area contributed by atoms with E-state index in [9.17, 15) is 9.59 Å². The van der Waals surface area contributed by atoms with Gasteiger partial charge in [-0.3, -0.25) is 9.59 Å². The first-order valence-corrected chi connectivity index (χ1v) is 7.86. The topological polar surface area (TPSA) is 82.0 Å². The Bertz CT molecular complexity index is 818. The summed E-state index contributed by atoms with van der Waals surface area (Å²) < 4.78 is 0. The van der Waals surface area contributed by atoms with E-state index in [2.05, 4.69) is 10.6 Å². The summed E-state index contributed by atoms with van der Waals surface area (Å²) in [6.45, 7) is 2.34. The predicted molar refractivity (Wildman–Crippen MR) is 97.4 cm³/mol. The molecule has 0 atom stereocenters. The normalized spacial score (nSPS) is 10.2. The van der Waals surface area contributed by atoms with E-state index in [1.165, 1.54) is 6.08 Å². The van der Waals surface area contributed by atoms with Gasteiger partial charge in [-0.15, -0.1) is 0 Å². The lowest BCUT2D eigenvalue weighted by molar-refractivity contribution is -0.120. The van der Waals surface area contributed by atoms with Crippen LogP contribution < -0.4 is 10.6 Å². The first-order chi connectivity index (χ1) is 12.1. The summed E-state index contributed by atoms with van der Waals surface area (Å²) in [7, 11) is 0. The summed E-state index contributed by atoms with van der Waals surface area (Å²) >= 11 is 0. The molecule has 25 heavy (non-hydrogen) atoms. The minimum absolute atomic E-state index is 0.151. The summed E-state index contributed by atoms with van der Waals surface area (Å²) in [6.07, 6.45) is 3.13. The largest absolute Gasteiger partial charge is 0.351 e. The highest BCUT2D eigenvalue weighted by atomic mass is 16.2. The van der Waals surface area contributed by atoms with Crippen LogP contribution in [-0.4, -0.2) is 11.8 Å². The van der Waals surface area contributed by atoms with Crippen LogP contribution in [0.25, 0.3) is 6.08 Å². The Kier molecular flexibility index (Phi) is 6.49. The van der Waals surface area contributed by atoms with Gasteiger partial charge >= 0.3 is 0 Å². The Morgan fingerprint density at radius 1 is 1.12 bits per heavy atom. The fourth-order valence-corrected chi connectivity index (χ4v) is 2.16. The Balaban J connectivity index is 1.88. The molecule has 0 saturated carbocycles. The van der Waals surface area contributed by atoms with Crippen molar-refractivity contribution in [1.82, 2.24) is 5.32 Å². The number of nitriles is 1. The second kappa shape index (κ2) is 9.04. The molecule has 5 nitrogen and oxygen atoms in total. The zero-order valence-corrected chi connectivity index (χ0v) is 14.0. The molecule has 0 heterocycles. The number of benzene rings is 2. The van der Waals surface area contributed by atoms with Crippen LogP contribution >= 0.6 is 0 Å². The molecule has 0 fully saturated rings. The lowest BCUT2D eigenvalue weighted by Crippen LogP contribution is -2.21. The first kappa shape index (κ1) is 18.0. The van der Waals surface area contributed by atoms with Gasteiger partial charge < -0.3 is 10.6 Å². The maximum atomic E-state index is 12.0. The first-order valence-electron chi connectivity index (χ1n) is 7.86. The van der Waals surface area contributed by atoms with Crippen LogP contribution in [-0.2, 0) is 16.1 Å². The van der Waals surface area contributed by atoms with Gasteiger partial charge in [-0.25, -0.2) is 0 Å². The quantitative estimate of drug-likeness (QED) is 0.797. The highest BCUT2D eigenvalue weighted by Crippen LogP contribution is 2.11. The average molecular weight is 333 g/mol. The summed E-state index contributed by atoms with van der Waals surface area (Å²) in [5, 5.41) is 13.9. The van der Waals surface area contributed by atoms with Gasteiger partial charge in [0.05, 0.1) is 6.07 Å². The molecule has 2 rings (SSSR count). The van der Waals surface area contributed by atoms with Crippen LogP contribution in [0.3, 0.4) is 0 Å². The number of nitrogens with zero attached hydrogens (tertiary/aromatic N) is 1. The second-order valence-corrected chi connectivity index (χ2v) is 5.49. The van der Waals surface area contributed by atoms with Gasteiger partial charge in [-0.1, -0.05) is 36.4 Å². The molecule has 0 saturated heterocycles. The minimum atomic E-state index is -0.304. The number of amides is 2. The van der Waals surface area contributed by atoms with Crippen molar-refractivity contribution >= 4 is 23.6 Å². The highest BCUT2D eigenvalue weighted by Gasteiger charge is 2.02. The molecule has 126 valence electrons. The van der Waals surface area contributed by atoms with Gasteiger partial charge in [-0.2, -0.15) is 5.26 Å². The zero-order valence-electron chi connectivity index (χ0n) is 14.0. The molecule has 0 spiro atoms. The molecule has 0 aliphatic carbocycles. The van der Waals surface area contributed by atoms with Crippen LogP contribution in [0, 0.1) is 18.3 Å². The van der Waals surface area contributed by atoms with E-state index >= 15 is 0 Å². The number of aryl methyl sites for hydroxylation is 1. The van der Waals surface area contributed by atoms with E-state index in [1.807, 2.05) is 43.3 Å². The van der Waals surface area contributed by atoms with Crippen LogP contribution in [0.15, 0.2) is 54.6 Å². The Hall–Kier alpha value is -3.39. The van der Waals surface area contributed by atoms with Gasteiger partial charge in [-0.05, 0) is 41.8 Å². The van der Waals surface area contributed by atoms with Crippen LogP contribution in [0.4, 0.5) is 5.69 Å². The third-order valence-corrected chi connectivity index (χ3v) is 3.55. The lowest BCUT2D eigenvalue weighted by atomic mass is 10.1. The van der Waals surface area contributed by atoms with Crippen molar-refractivity contribution in [1.29, 1.82) is 5.26 Å². The molecule has 0 bridgehead atoms. The molecule has 0 aliphatic rings. The van der Waals surface area contributed by atoms with Gasteiger partial charge in [0.15, 0.2) is 0 Å². The van der Waals surface area contributed by atoms with Crippen molar-refractivity contribution in [2.45, 2.75) is 19.9 Å². The number of hydrogen-bond donors (Lipinski definition) is 2. The summed E-state index contributed by atoms with van der Waals surface area (Å²) in [6, 6.07) is 16.8. The van der Waals surface area contributed by atoms with E-state index in [1.54, 1.807) is 24.3 Å². The van der Waals surface area contributed by atoms with Crippen LogP contribution in [0.5, 0.6) is 0 Å². The molecular formula is C20H19N3O2. The Labute approximate surface area is 147 Å². The van der Waals surface area contributed by atoms with Gasteiger partial charge in [0, 0.05) is 18.3 Å². The van der Waals surface area contributed by atoms with E-state index in [4.69, 9.17) is 5.26 Å². The monoisotopic (exact) mass is 333 g/mol. The lowest BCUT2D eigenvalue weighted by Gasteiger charge is -2.06. The SMILES string of the molecule is Cc1ccccc1/C=C/C(=O)Nc1ccc(CNC(=O)CC#N)cc1. The molecule has 0 unspecified atom stereocenters. The fourth-order valence-electron chi connectivity index (χ4n) is 2.16. The molecule has 0 radical (unpaired) electrons. The van der Waals surface area contributed by atoms with Crippen molar-refractivity contribution in [3.8, 4) is 6.07 Å². The molecule has 2 amide bonds. The molecule has 2 N–H and O–H groups in total. The van der Waals surface area contributed by atoms with Crippen LogP contribution in [0.2, 0.25) is 0 Å². The second-order valence-electron chi connectivity index (χ2n) is 5.49. The van der Waals surface area contributed by atoms with Gasteiger partial charge in [0.25, 0.3) is 0 Å². The Morgan fingerprint density at radius 2 is 1.84 bits per heavy atom. The number of rotatable bonds is 6. The average Bonchev–Trinajstić information content (AvgIpc) is 2.61. The third kappa shape index (κ3) is 5.96. The predicted octanol–water partition coefficient (Wildman–Crippen LogP) is 3.18. The molecule has 5 heteroatoms. The van der Waals surface area contributed by atoms with E-state index in [-0.39, 0.29) is 18.2 Å². The van der Waals surface area contributed by atoms with Crippen molar-refractivity contribution in [3.05, 3.63) is 71.3 Å². The van der Waals surface area contributed by atoms with Crippen molar-refractivity contribution in [2.75, 3.05) is 5.32 Å². The van der Waals surface area contributed by atoms with E-state index < -0.39 is 0 Å². The van der Waals surface area contributed by atoms with Gasteiger partial charge in [0.2, 0.25) is 11.8 Å². The fraction of sp³-hybridized carbons (Fsp3) is 0.150. The van der Waals surface area contributed by atoms with Crippen molar-refractivity contribution in [3.63, 3.8) is 0 Å². The standard InChI is InChI=1S/C20H19N3O2/c1-15-4-2-3-5-17(15)8-11-20(25)23-18-9-6-16(7-10-18)14-22-19(24)12-13-21/h2-11H,12,14H2,1H3,(H,22,24)(H,23,25)/b11-8+. The summed E-state index contributed by atoms with van der Waals surface area (Å²) in [4.78, 5) is 23.2. The zero-order chi connectivity index (χ0) is 18.1. The molecule has 0 aliphatic heterocycles. The maximum absolute atomic E-state index is 12.0. The number of anilines is 1. The van der Waals surface area contributed by atoms with Crippen molar-refractivity contribution in [2.24, 2.45) is 0 Å². The van der Waals surface area contributed by atoms with Gasteiger partial charge in [0.1, 0.15) is 6.42 Å². The highest BCUT2D eigenvalue weighted by molar-refractivity contribution is 6.02. The minimum Gasteiger partial charge on any atom is -0.351 e. The smallest absolute Gasteiger partial charge is 0.248 e. The summed E-state index contributed by atoms with van der Waals surface area (Å²) in [5.41, 5.74) is 3.67. The number of hydrogen-bond acceptors (Lipinski definition) is 3. The number of carbonyl (C=O) groups excluding carboxylic acids is 2. The third-order valence-electron chi connectivity index (χ3n) is 3.55. The molecule has 2 aromatic carbocycles. The molecular weight excluding hydrogens is 314 g/mol. The van der Waals surface area contributed by atoms with Crippen LogP contribution in [0.1, 0.15) is 23.1 Å². The van der Waals surface area contributed by atoms with E-state index in [0.29, 0.717) is 12.2 Å². The maximum Gasteiger partial charge on any atom is 0.248 e. The summed E-state index contributed by atoms with van der Waals surface area (Å²) in [5.74, 6) is -0.514. The molecule has 2 aromatic rings. The number of carbonyl (C=O) groups is 2. The molecule has 0 aromatic heterocycles. The Morgan fingerprint density at radius 3 is 2.52 bits per heavy atom. The number of nitrogens with one attached hydrogen (secondary N) is 2. The van der Waals surface area contributed by atoms with Crippen molar-refractivity contribution < 1.29 is 9.59 Å². The van der Waals surface area contributed by atoms with E-state index in [0.717, 1.165) is 16.7 Å².